The van der Waals surface area contributed by atoms with Crippen molar-refractivity contribution < 1.29 is 23.9 Å². The van der Waals surface area contributed by atoms with Crippen molar-refractivity contribution in [3.63, 3.8) is 0 Å². The molecule has 154 valence electrons. The molecule has 2 aromatic carbocycles. The molecule has 0 radical (unpaired) electrons. The van der Waals surface area contributed by atoms with Crippen LogP contribution in [0.15, 0.2) is 42.5 Å². The Hall–Kier alpha value is -3.28. The second kappa shape index (κ2) is 8.61. The maximum Gasteiger partial charge on any atom is 0.306 e. The number of ether oxygens (including phenoxy) is 1. The third-order valence-corrected chi connectivity index (χ3v) is 5.82. The first-order chi connectivity index (χ1) is 14.5. The minimum Gasteiger partial charge on any atom is -0.456 e. The molecule has 6 nitrogen and oxygen atoms in total. The number of carbonyl (C=O) groups excluding carboxylic acids is 4. The van der Waals surface area contributed by atoms with E-state index in [0.29, 0.717) is 23.5 Å². The smallest absolute Gasteiger partial charge is 0.306 e. The molecular formula is C24H23NO5. The molecule has 2 aliphatic rings. The molecule has 0 spiro atoms. The van der Waals surface area contributed by atoms with Crippen LogP contribution in [0.4, 0.5) is 5.69 Å². The second-order valence-corrected chi connectivity index (χ2v) is 7.83. The van der Waals surface area contributed by atoms with E-state index in [9.17, 15) is 19.2 Å². The van der Waals surface area contributed by atoms with Crippen LogP contribution in [-0.2, 0) is 14.3 Å². The number of nitrogens with one attached hydrogen (secondary N) is 1. The van der Waals surface area contributed by atoms with E-state index in [2.05, 4.69) is 5.32 Å². The standard InChI is InChI=1S/C24H23NO5/c26-20(14-30-21(27)13-12-15-6-1-2-7-15)25-19-11-5-10-18-22(19)24(29)17-9-4-3-8-16(17)23(18)28/h3-5,8-11,15H,1-2,6-7,12-14H2,(H,25,26). The summed E-state index contributed by atoms with van der Waals surface area (Å²) >= 11 is 0. The minimum absolute atomic E-state index is 0.169. The molecule has 1 N–H and O–H groups in total. The number of esters is 1. The highest BCUT2D eigenvalue weighted by atomic mass is 16.5. The monoisotopic (exact) mass is 405 g/mol. The number of anilines is 1. The largest absolute Gasteiger partial charge is 0.456 e. The number of amides is 1. The van der Waals surface area contributed by atoms with Crippen LogP contribution in [0.5, 0.6) is 0 Å². The van der Waals surface area contributed by atoms with Crippen molar-refractivity contribution in [2.24, 2.45) is 5.92 Å². The van der Waals surface area contributed by atoms with Gasteiger partial charge in [-0.1, -0.05) is 62.1 Å². The Morgan fingerprint density at radius 3 is 2.30 bits per heavy atom. The molecule has 0 atom stereocenters. The quantitative estimate of drug-likeness (QED) is 0.628. The van der Waals surface area contributed by atoms with E-state index < -0.39 is 18.5 Å². The molecular weight excluding hydrogens is 382 g/mol. The van der Waals surface area contributed by atoms with Crippen molar-refractivity contribution in [2.75, 3.05) is 11.9 Å². The van der Waals surface area contributed by atoms with Gasteiger partial charge in [0.05, 0.1) is 11.3 Å². The van der Waals surface area contributed by atoms with Crippen molar-refractivity contribution in [1.29, 1.82) is 0 Å². The molecule has 6 heteroatoms. The molecule has 0 saturated heterocycles. The maximum atomic E-state index is 12.9. The fraction of sp³-hybridized carbons (Fsp3) is 0.333. The van der Waals surface area contributed by atoms with Gasteiger partial charge >= 0.3 is 5.97 Å². The third kappa shape index (κ3) is 4.03. The Bertz CT molecular complexity index is 1020. The van der Waals surface area contributed by atoms with Crippen molar-refractivity contribution >= 4 is 29.1 Å². The maximum absolute atomic E-state index is 12.9. The summed E-state index contributed by atoms with van der Waals surface area (Å²) in [5.74, 6) is -0.933. The van der Waals surface area contributed by atoms with Crippen LogP contribution in [-0.4, -0.2) is 30.0 Å². The van der Waals surface area contributed by atoms with Crippen LogP contribution in [0.25, 0.3) is 0 Å². The van der Waals surface area contributed by atoms with Gasteiger partial charge in [0.1, 0.15) is 0 Å². The molecule has 0 aromatic heterocycles. The summed E-state index contributed by atoms with van der Waals surface area (Å²) in [7, 11) is 0. The van der Waals surface area contributed by atoms with Gasteiger partial charge in [0.25, 0.3) is 5.91 Å². The predicted octanol–water partition coefficient (Wildman–Crippen LogP) is 3.91. The van der Waals surface area contributed by atoms with Crippen LogP contribution in [0, 0.1) is 5.92 Å². The Labute approximate surface area is 174 Å². The van der Waals surface area contributed by atoms with Gasteiger partial charge in [-0.2, -0.15) is 0 Å². The van der Waals surface area contributed by atoms with Crippen molar-refractivity contribution in [1.82, 2.24) is 0 Å². The van der Waals surface area contributed by atoms with Gasteiger partial charge in [0, 0.05) is 23.1 Å². The van der Waals surface area contributed by atoms with Crippen LogP contribution >= 0.6 is 0 Å². The molecule has 2 aromatic rings. The molecule has 30 heavy (non-hydrogen) atoms. The van der Waals surface area contributed by atoms with E-state index in [0.717, 1.165) is 19.3 Å². The van der Waals surface area contributed by atoms with Crippen LogP contribution < -0.4 is 5.32 Å². The van der Waals surface area contributed by atoms with Gasteiger partial charge in [-0.25, -0.2) is 0 Å². The normalized spacial score (nSPS) is 15.5. The van der Waals surface area contributed by atoms with E-state index in [-0.39, 0.29) is 28.4 Å². The topological polar surface area (TPSA) is 89.5 Å². The van der Waals surface area contributed by atoms with Gasteiger partial charge in [0.15, 0.2) is 18.2 Å². The predicted molar refractivity (Wildman–Crippen MR) is 111 cm³/mol. The highest BCUT2D eigenvalue weighted by Crippen LogP contribution is 2.32. The first kappa shape index (κ1) is 20.0. The van der Waals surface area contributed by atoms with Gasteiger partial charge in [-0.15, -0.1) is 0 Å². The van der Waals surface area contributed by atoms with E-state index in [1.807, 2.05) is 0 Å². The Balaban J connectivity index is 1.40. The van der Waals surface area contributed by atoms with Crippen molar-refractivity contribution in [3.8, 4) is 0 Å². The van der Waals surface area contributed by atoms with Crippen LogP contribution in [0.2, 0.25) is 0 Å². The molecule has 0 bridgehead atoms. The van der Waals surface area contributed by atoms with E-state index in [1.54, 1.807) is 42.5 Å². The highest BCUT2D eigenvalue weighted by molar-refractivity contribution is 6.30. The summed E-state index contributed by atoms with van der Waals surface area (Å²) in [5.41, 5.74) is 1.34. The molecule has 1 amide bonds. The summed E-state index contributed by atoms with van der Waals surface area (Å²) in [5, 5.41) is 2.62. The van der Waals surface area contributed by atoms with Crippen LogP contribution in [0.3, 0.4) is 0 Å². The van der Waals surface area contributed by atoms with Gasteiger partial charge in [-0.3, -0.25) is 19.2 Å². The zero-order valence-corrected chi connectivity index (χ0v) is 16.6. The average molecular weight is 405 g/mol. The third-order valence-electron chi connectivity index (χ3n) is 5.82. The molecule has 1 fully saturated rings. The van der Waals surface area contributed by atoms with Crippen molar-refractivity contribution in [3.05, 3.63) is 64.7 Å². The summed E-state index contributed by atoms with van der Waals surface area (Å²) in [6, 6.07) is 11.4. The number of carbonyl (C=O) groups is 4. The summed E-state index contributed by atoms with van der Waals surface area (Å²) in [6.45, 7) is -0.425. The number of rotatable bonds is 6. The Morgan fingerprint density at radius 1 is 0.900 bits per heavy atom. The Morgan fingerprint density at radius 2 is 1.57 bits per heavy atom. The average Bonchev–Trinajstić information content (AvgIpc) is 3.28. The van der Waals surface area contributed by atoms with E-state index in [4.69, 9.17) is 4.74 Å². The zero-order chi connectivity index (χ0) is 21.1. The summed E-state index contributed by atoms with van der Waals surface area (Å²) in [6.07, 6.45) is 5.85. The number of hydrogen-bond acceptors (Lipinski definition) is 5. The lowest BCUT2D eigenvalue weighted by molar-refractivity contribution is -0.147. The molecule has 4 rings (SSSR count). The summed E-state index contributed by atoms with van der Waals surface area (Å²) < 4.78 is 5.08. The number of hydrogen-bond donors (Lipinski definition) is 1. The van der Waals surface area contributed by atoms with E-state index in [1.165, 1.54) is 12.8 Å². The molecule has 1 saturated carbocycles. The first-order valence-electron chi connectivity index (χ1n) is 10.3. The van der Waals surface area contributed by atoms with Crippen molar-refractivity contribution in [2.45, 2.75) is 38.5 Å². The fourth-order valence-corrected chi connectivity index (χ4v) is 4.27. The first-order valence-corrected chi connectivity index (χ1v) is 10.3. The zero-order valence-electron chi connectivity index (χ0n) is 16.6. The number of benzene rings is 2. The molecule has 0 aliphatic heterocycles. The molecule has 2 aliphatic carbocycles. The second-order valence-electron chi connectivity index (χ2n) is 7.83. The SMILES string of the molecule is O=C(COC(=O)CCC1CCCC1)Nc1cccc2c1C(=O)c1ccccc1C2=O. The van der Waals surface area contributed by atoms with Gasteiger partial charge in [0.2, 0.25) is 0 Å². The lowest BCUT2D eigenvalue weighted by atomic mass is 9.83. The van der Waals surface area contributed by atoms with Crippen LogP contribution in [0.1, 0.15) is 70.4 Å². The number of fused-ring (bicyclic) bond motifs is 2. The highest BCUT2D eigenvalue weighted by Gasteiger charge is 2.31. The fourth-order valence-electron chi connectivity index (χ4n) is 4.27. The minimum atomic E-state index is -0.545. The lowest BCUT2D eigenvalue weighted by Crippen LogP contribution is -2.26. The summed E-state index contributed by atoms with van der Waals surface area (Å²) in [4.78, 5) is 49.9. The number of ketones is 2. The Kier molecular flexibility index (Phi) is 5.74. The molecule has 0 unspecified atom stereocenters. The lowest BCUT2D eigenvalue weighted by Gasteiger charge is -2.20. The van der Waals surface area contributed by atoms with Gasteiger partial charge in [-0.05, 0) is 18.4 Å². The van der Waals surface area contributed by atoms with Gasteiger partial charge < -0.3 is 10.1 Å². The molecule has 0 heterocycles. The van der Waals surface area contributed by atoms with E-state index >= 15 is 0 Å².